The van der Waals surface area contributed by atoms with Gasteiger partial charge in [-0.2, -0.15) is 0 Å². The summed E-state index contributed by atoms with van der Waals surface area (Å²) >= 11 is 2.73. The van der Waals surface area contributed by atoms with Crippen LogP contribution in [0.3, 0.4) is 0 Å². The number of nitrogens with one attached hydrogen (secondary N) is 1. The van der Waals surface area contributed by atoms with E-state index in [0.29, 0.717) is 21.6 Å². The van der Waals surface area contributed by atoms with Crippen LogP contribution in [0.5, 0.6) is 0 Å². The number of amides is 1. The molecule has 0 bridgehead atoms. The first kappa shape index (κ1) is 21.1. The molecule has 0 saturated carbocycles. The molecular formula is C20H24N4O4S2. The molecule has 0 unspecified atom stereocenters. The van der Waals surface area contributed by atoms with E-state index in [4.69, 9.17) is 10.4 Å². The normalized spacial score (nSPS) is 29.1. The molecule has 1 saturated heterocycles. The van der Waals surface area contributed by atoms with Crippen molar-refractivity contribution in [2.24, 2.45) is 11.8 Å². The van der Waals surface area contributed by atoms with Gasteiger partial charge in [0.05, 0.1) is 29.6 Å². The summed E-state index contributed by atoms with van der Waals surface area (Å²) in [7, 11) is 0. The van der Waals surface area contributed by atoms with Gasteiger partial charge in [0.25, 0.3) is 0 Å². The molecule has 1 aromatic heterocycles. The number of carboxylic acid groups (broad SMARTS) is 1. The number of fused-ring (bicyclic) bond motifs is 1. The molecule has 1 fully saturated rings. The molecule has 0 radical (unpaired) electrons. The summed E-state index contributed by atoms with van der Waals surface area (Å²) in [6.07, 6.45) is 1.28. The monoisotopic (exact) mass is 448 g/mol. The molecule has 8 nitrogen and oxygen atoms in total. The Morgan fingerprint density at radius 2 is 2.13 bits per heavy atom. The summed E-state index contributed by atoms with van der Waals surface area (Å²) in [4.78, 5) is 33.0. The number of aliphatic hydroxyl groups excluding tert-OH is 1. The van der Waals surface area contributed by atoms with Crippen LogP contribution in [-0.2, 0) is 9.59 Å². The zero-order valence-electron chi connectivity index (χ0n) is 17.1. The van der Waals surface area contributed by atoms with Crippen molar-refractivity contribution in [1.29, 1.82) is 5.41 Å². The van der Waals surface area contributed by atoms with Crippen molar-refractivity contribution in [1.82, 2.24) is 14.8 Å². The lowest BCUT2D eigenvalue weighted by Gasteiger charge is -2.46. The average molecular weight is 449 g/mol. The number of aliphatic hydroxyl groups is 1. The van der Waals surface area contributed by atoms with E-state index in [1.54, 1.807) is 13.8 Å². The van der Waals surface area contributed by atoms with Gasteiger partial charge in [-0.25, -0.2) is 9.78 Å². The number of carbonyl (C=O) groups is 2. The van der Waals surface area contributed by atoms with Gasteiger partial charge in [-0.1, -0.05) is 24.8 Å². The third-order valence-electron chi connectivity index (χ3n) is 6.03. The number of carbonyl (C=O) groups excluding carboxylic acids is 1. The molecule has 3 aliphatic rings. The van der Waals surface area contributed by atoms with E-state index < -0.39 is 18.0 Å². The second kappa shape index (κ2) is 7.51. The Morgan fingerprint density at radius 3 is 2.70 bits per heavy atom. The molecule has 4 rings (SSSR count). The molecule has 3 aliphatic heterocycles. The van der Waals surface area contributed by atoms with Crippen LogP contribution in [0.4, 0.5) is 0 Å². The minimum absolute atomic E-state index is 0.00969. The zero-order chi connectivity index (χ0) is 21.9. The molecule has 4 heterocycles. The van der Waals surface area contributed by atoms with Crippen LogP contribution in [0.25, 0.3) is 5.57 Å². The van der Waals surface area contributed by atoms with Gasteiger partial charge in [-0.3, -0.25) is 10.2 Å². The third kappa shape index (κ3) is 3.17. The second-order valence-corrected chi connectivity index (χ2v) is 10.2. The number of β-lactam (4-membered cyclic amide) rings is 1. The number of aromatic nitrogens is 1. The number of thiazole rings is 1. The lowest BCUT2D eigenvalue weighted by molar-refractivity contribution is -0.163. The maximum absolute atomic E-state index is 12.5. The molecule has 0 aromatic carbocycles. The van der Waals surface area contributed by atoms with Gasteiger partial charge in [0.1, 0.15) is 5.70 Å². The van der Waals surface area contributed by atoms with E-state index in [0.717, 1.165) is 11.3 Å². The maximum Gasteiger partial charge on any atom is 0.353 e. The number of rotatable bonds is 5. The van der Waals surface area contributed by atoms with Crippen molar-refractivity contribution in [3.05, 3.63) is 27.8 Å². The van der Waals surface area contributed by atoms with Crippen molar-refractivity contribution >= 4 is 46.4 Å². The number of nitrogens with zero attached hydrogens (tertiary/aromatic N) is 3. The quantitative estimate of drug-likeness (QED) is 0.360. The van der Waals surface area contributed by atoms with Gasteiger partial charge in [0.2, 0.25) is 5.91 Å². The van der Waals surface area contributed by atoms with Crippen molar-refractivity contribution in [2.45, 2.75) is 50.2 Å². The number of thioether (sulfide) groups is 1. The second-order valence-electron chi connectivity index (χ2n) is 8.02. The summed E-state index contributed by atoms with van der Waals surface area (Å²) < 4.78 is 0.715. The van der Waals surface area contributed by atoms with Crippen LogP contribution in [0.2, 0.25) is 0 Å². The highest BCUT2D eigenvalue weighted by molar-refractivity contribution is 8.04. The SMILES string of the molecule is CC(=N)N1CC(c2csc(SC3=C(C(=O)O)N4C(=O)[C@H]([C@@H](C)O)[C@H]4[C@H]3C)n2)=C[C@@H]1C. The zero-order valence-corrected chi connectivity index (χ0v) is 18.8. The average Bonchev–Trinajstić information content (AvgIpc) is 3.32. The first-order chi connectivity index (χ1) is 14.1. The molecule has 0 aliphatic carbocycles. The van der Waals surface area contributed by atoms with Gasteiger partial charge in [-0.15, -0.1) is 11.3 Å². The van der Waals surface area contributed by atoms with E-state index in [2.05, 4.69) is 6.08 Å². The summed E-state index contributed by atoms with van der Waals surface area (Å²) in [5, 5.41) is 29.5. The smallest absolute Gasteiger partial charge is 0.353 e. The van der Waals surface area contributed by atoms with Gasteiger partial charge in [0, 0.05) is 28.8 Å². The highest BCUT2D eigenvalue weighted by Gasteiger charge is 2.60. The lowest BCUT2D eigenvalue weighted by Crippen LogP contribution is -2.63. The summed E-state index contributed by atoms with van der Waals surface area (Å²) in [5.74, 6) is -1.71. The van der Waals surface area contributed by atoms with Gasteiger partial charge < -0.3 is 20.0 Å². The number of hydrogen-bond donors (Lipinski definition) is 3. The Labute approximate surface area is 182 Å². The highest BCUT2D eigenvalue weighted by atomic mass is 32.2. The van der Waals surface area contributed by atoms with E-state index in [9.17, 15) is 19.8 Å². The molecule has 1 amide bonds. The fourth-order valence-corrected chi connectivity index (χ4v) is 6.67. The maximum atomic E-state index is 12.5. The van der Waals surface area contributed by atoms with Crippen molar-refractivity contribution < 1.29 is 19.8 Å². The highest BCUT2D eigenvalue weighted by Crippen LogP contribution is 2.52. The van der Waals surface area contributed by atoms with Crippen molar-refractivity contribution in [3.63, 3.8) is 0 Å². The fraction of sp³-hybridized carbons (Fsp3) is 0.500. The molecule has 3 N–H and O–H groups in total. The Bertz CT molecular complexity index is 999. The van der Waals surface area contributed by atoms with Gasteiger partial charge in [0.15, 0.2) is 4.34 Å². The first-order valence-electron chi connectivity index (χ1n) is 9.76. The van der Waals surface area contributed by atoms with Crippen LogP contribution in [0.1, 0.15) is 33.4 Å². The lowest BCUT2D eigenvalue weighted by atomic mass is 9.79. The Balaban J connectivity index is 1.58. The largest absolute Gasteiger partial charge is 0.477 e. The number of hydrogen-bond acceptors (Lipinski definition) is 7. The molecular weight excluding hydrogens is 424 g/mol. The first-order valence-corrected chi connectivity index (χ1v) is 11.5. The van der Waals surface area contributed by atoms with E-state index >= 15 is 0 Å². The molecule has 5 atom stereocenters. The number of carboxylic acids is 1. The molecule has 0 spiro atoms. The minimum Gasteiger partial charge on any atom is -0.477 e. The van der Waals surface area contributed by atoms with Crippen LogP contribution in [0.15, 0.2) is 26.4 Å². The van der Waals surface area contributed by atoms with Crippen molar-refractivity contribution in [3.8, 4) is 0 Å². The minimum atomic E-state index is -1.13. The fourth-order valence-electron chi connectivity index (χ4n) is 4.55. The summed E-state index contributed by atoms with van der Waals surface area (Å²) in [5.41, 5.74) is 1.90. The topological polar surface area (TPSA) is 118 Å². The van der Waals surface area contributed by atoms with Gasteiger partial charge in [-0.05, 0) is 26.3 Å². The van der Waals surface area contributed by atoms with Gasteiger partial charge >= 0.3 is 5.97 Å². The van der Waals surface area contributed by atoms with Crippen LogP contribution < -0.4 is 0 Å². The predicted octanol–water partition coefficient (Wildman–Crippen LogP) is 2.47. The summed E-state index contributed by atoms with van der Waals surface area (Å²) in [6.45, 7) is 7.91. The number of amidine groups is 1. The molecule has 10 heteroatoms. The van der Waals surface area contributed by atoms with Crippen molar-refractivity contribution in [2.75, 3.05) is 6.54 Å². The van der Waals surface area contributed by atoms with Crippen LogP contribution in [-0.4, -0.2) is 67.4 Å². The Morgan fingerprint density at radius 1 is 1.43 bits per heavy atom. The molecule has 160 valence electrons. The van der Waals surface area contributed by atoms with E-state index in [1.807, 2.05) is 24.1 Å². The molecule has 30 heavy (non-hydrogen) atoms. The summed E-state index contributed by atoms with van der Waals surface area (Å²) in [6, 6.07) is -0.189. The van der Waals surface area contributed by atoms with Crippen LogP contribution in [0, 0.1) is 17.2 Å². The standard InChI is InChI=1S/C20H24N4O4S2/c1-8-5-12(6-23(8)11(4)21)13-7-29-20(22-13)30-17-9(2)15-14(10(3)25)18(26)24(15)16(17)19(27)28/h5,7-10,14-15,21,25H,6H2,1-4H3,(H,27,28)/t8-,9+,10+,14+,15+/m0/s1. The Hall–Kier alpha value is -2.17. The Kier molecular flexibility index (Phi) is 5.27. The van der Waals surface area contributed by atoms with E-state index in [1.165, 1.54) is 28.0 Å². The van der Waals surface area contributed by atoms with Crippen LogP contribution >= 0.6 is 23.1 Å². The molecule has 1 aromatic rings. The number of aliphatic carboxylic acids is 1. The predicted molar refractivity (Wildman–Crippen MR) is 115 cm³/mol. The third-order valence-corrected chi connectivity index (χ3v) is 8.25. The van der Waals surface area contributed by atoms with E-state index in [-0.39, 0.29) is 29.6 Å².